The molecule has 24 heavy (non-hydrogen) atoms. The van der Waals surface area contributed by atoms with E-state index < -0.39 is 5.41 Å². The third-order valence-electron chi connectivity index (χ3n) is 4.01. The van der Waals surface area contributed by atoms with Crippen molar-refractivity contribution in [3.8, 4) is 0 Å². The van der Waals surface area contributed by atoms with Gasteiger partial charge in [0, 0.05) is 25.5 Å². The SMILES string of the molecule is Cc1ccccc1CNC(=O)C(C)(C)C(=O)NCc1cccnc1. The maximum Gasteiger partial charge on any atom is 0.235 e. The Bertz CT molecular complexity index is 712. The standard InChI is InChI=1S/C19H23N3O2/c1-14-7-4-5-9-16(14)13-22-18(24)19(2,3)17(23)21-12-15-8-6-10-20-11-15/h4-11H,12-13H2,1-3H3,(H,21,23)(H,22,24). The highest BCUT2D eigenvalue weighted by atomic mass is 16.2. The van der Waals surface area contributed by atoms with Crippen LogP contribution in [0.25, 0.3) is 0 Å². The van der Waals surface area contributed by atoms with Crippen LogP contribution in [0.15, 0.2) is 48.8 Å². The molecule has 0 atom stereocenters. The van der Waals surface area contributed by atoms with Gasteiger partial charge in [-0.2, -0.15) is 0 Å². The van der Waals surface area contributed by atoms with Crippen molar-refractivity contribution >= 4 is 11.8 Å². The molecule has 0 aliphatic carbocycles. The minimum Gasteiger partial charge on any atom is -0.351 e. The van der Waals surface area contributed by atoms with E-state index in [0.717, 1.165) is 16.7 Å². The lowest BCUT2D eigenvalue weighted by Gasteiger charge is -2.23. The molecule has 0 aliphatic heterocycles. The van der Waals surface area contributed by atoms with Crippen molar-refractivity contribution in [2.24, 2.45) is 5.41 Å². The number of aromatic nitrogens is 1. The lowest BCUT2D eigenvalue weighted by atomic mass is 9.90. The number of amides is 2. The molecule has 0 spiro atoms. The highest BCUT2D eigenvalue weighted by Crippen LogP contribution is 2.16. The van der Waals surface area contributed by atoms with Crippen LogP contribution in [0.3, 0.4) is 0 Å². The molecule has 1 aromatic carbocycles. The van der Waals surface area contributed by atoms with E-state index in [-0.39, 0.29) is 11.8 Å². The molecule has 1 aromatic heterocycles. The Kier molecular flexibility index (Phi) is 5.68. The van der Waals surface area contributed by atoms with Gasteiger partial charge >= 0.3 is 0 Å². The summed E-state index contributed by atoms with van der Waals surface area (Å²) in [6.45, 7) is 6.00. The summed E-state index contributed by atoms with van der Waals surface area (Å²) in [5, 5.41) is 5.64. The van der Waals surface area contributed by atoms with Gasteiger partial charge in [-0.3, -0.25) is 14.6 Å². The number of nitrogens with one attached hydrogen (secondary N) is 2. The first kappa shape index (κ1) is 17.7. The third-order valence-corrected chi connectivity index (χ3v) is 4.01. The number of nitrogens with zero attached hydrogens (tertiary/aromatic N) is 1. The van der Waals surface area contributed by atoms with Crippen LogP contribution >= 0.6 is 0 Å². The second kappa shape index (κ2) is 7.73. The van der Waals surface area contributed by atoms with Crippen molar-refractivity contribution in [1.82, 2.24) is 15.6 Å². The maximum atomic E-state index is 12.4. The topological polar surface area (TPSA) is 71.1 Å². The summed E-state index contributed by atoms with van der Waals surface area (Å²) < 4.78 is 0. The second-order valence-corrected chi connectivity index (χ2v) is 6.28. The summed E-state index contributed by atoms with van der Waals surface area (Å²) in [7, 11) is 0. The average molecular weight is 325 g/mol. The Morgan fingerprint density at radius 1 is 1.00 bits per heavy atom. The summed E-state index contributed by atoms with van der Waals surface area (Å²) in [6.07, 6.45) is 3.36. The number of rotatable bonds is 6. The Balaban J connectivity index is 1.91. The fourth-order valence-electron chi connectivity index (χ4n) is 2.21. The Morgan fingerprint density at radius 3 is 2.29 bits per heavy atom. The average Bonchev–Trinajstić information content (AvgIpc) is 2.59. The van der Waals surface area contributed by atoms with Crippen molar-refractivity contribution in [2.45, 2.75) is 33.9 Å². The molecule has 2 amide bonds. The van der Waals surface area contributed by atoms with E-state index in [0.29, 0.717) is 13.1 Å². The van der Waals surface area contributed by atoms with Gasteiger partial charge in [0.05, 0.1) is 0 Å². The van der Waals surface area contributed by atoms with Crippen LogP contribution in [-0.2, 0) is 22.7 Å². The predicted octanol–water partition coefficient (Wildman–Crippen LogP) is 2.35. The summed E-state index contributed by atoms with van der Waals surface area (Å²) >= 11 is 0. The first-order valence-corrected chi connectivity index (χ1v) is 7.91. The minimum absolute atomic E-state index is 0.297. The van der Waals surface area contributed by atoms with Crippen LogP contribution in [0.4, 0.5) is 0 Å². The maximum absolute atomic E-state index is 12.4. The Morgan fingerprint density at radius 2 is 1.67 bits per heavy atom. The number of pyridine rings is 1. The molecule has 2 N–H and O–H groups in total. The van der Waals surface area contributed by atoms with Crippen molar-refractivity contribution in [1.29, 1.82) is 0 Å². The molecule has 0 saturated carbocycles. The summed E-state index contributed by atoms with van der Waals surface area (Å²) in [5.74, 6) is -0.608. The molecule has 126 valence electrons. The first-order chi connectivity index (χ1) is 11.4. The summed E-state index contributed by atoms with van der Waals surface area (Å²) in [5.41, 5.74) is 1.89. The van der Waals surface area contributed by atoms with Crippen LogP contribution in [0.5, 0.6) is 0 Å². The highest BCUT2D eigenvalue weighted by Gasteiger charge is 2.35. The number of aryl methyl sites for hydroxylation is 1. The number of hydrogen-bond donors (Lipinski definition) is 2. The quantitative estimate of drug-likeness (QED) is 0.801. The molecule has 0 radical (unpaired) electrons. The zero-order chi connectivity index (χ0) is 17.6. The van der Waals surface area contributed by atoms with Crippen molar-refractivity contribution < 1.29 is 9.59 Å². The van der Waals surface area contributed by atoms with Gasteiger partial charge in [-0.05, 0) is 43.5 Å². The molecule has 2 rings (SSSR count). The molecule has 5 heteroatoms. The first-order valence-electron chi connectivity index (χ1n) is 7.91. The summed E-state index contributed by atoms with van der Waals surface area (Å²) in [4.78, 5) is 28.8. The largest absolute Gasteiger partial charge is 0.351 e. The van der Waals surface area contributed by atoms with E-state index in [4.69, 9.17) is 0 Å². The fourth-order valence-corrected chi connectivity index (χ4v) is 2.21. The van der Waals surface area contributed by atoms with Crippen molar-refractivity contribution in [3.63, 3.8) is 0 Å². The molecule has 0 unspecified atom stereocenters. The van der Waals surface area contributed by atoms with Gasteiger partial charge in [-0.25, -0.2) is 0 Å². The Labute approximate surface area is 142 Å². The van der Waals surface area contributed by atoms with E-state index in [9.17, 15) is 9.59 Å². The second-order valence-electron chi connectivity index (χ2n) is 6.28. The van der Waals surface area contributed by atoms with E-state index in [1.165, 1.54) is 0 Å². The van der Waals surface area contributed by atoms with E-state index >= 15 is 0 Å². The lowest BCUT2D eigenvalue weighted by Crippen LogP contribution is -2.47. The van der Waals surface area contributed by atoms with Crippen LogP contribution in [-0.4, -0.2) is 16.8 Å². The molecule has 0 aliphatic rings. The van der Waals surface area contributed by atoms with Gasteiger partial charge in [-0.1, -0.05) is 30.3 Å². The van der Waals surface area contributed by atoms with Crippen molar-refractivity contribution in [2.75, 3.05) is 0 Å². The number of benzene rings is 1. The molecule has 0 fully saturated rings. The van der Waals surface area contributed by atoms with E-state index in [2.05, 4.69) is 15.6 Å². The zero-order valence-electron chi connectivity index (χ0n) is 14.3. The van der Waals surface area contributed by atoms with Gasteiger partial charge in [0.1, 0.15) is 5.41 Å². The van der Waals surface area contributed by atoms with Gasteiger partial charge in [0.2, 0.25) is 11.8 Å². The Hall–Kier alpha value is -2.69. The zero-order valence-corrected chi connectivity index (χ0v) is 14.3. The van der Waals surface area contributed by atoms with Crippen molar-refractivity contribution in [3.05, 3.63) is 65.5 Å². The predicted molar refractivity (Wildman–Crippen MR) is 92.9 cm³/mol. The minimum atomic E-state index is -1.15. The molecule has 5 nitrogen and oxygen atoms in total. The van der Waals surface area contributed by atoms with Gasteiger partial charge in [-0.15, -0.1) is 0 Å². The van der Waals surface area contributed by atoms with Gasteiger partial charge in [0.15, 0.2) is 0 Å². The molecular weight excluding hydrogens is 302 g/mol. The molecule has 0 bridgehead atoms. The van der Waals surface area contributed by atoms with Gasteiger partial charge in [0.25, 0.3) is 0 Å². The summed E-state index contributed by atoms with van der Waals surface area (Å²) in [6, 6.07) is 11.5. The monoisotopic (exact) mass is 325 g/mol. The third kappa shape index (κ3) is 4.41. The normalized spacial score (nSPS) is 11.0. The van der Waals surface area contributed by atoms with E-state index in [1.54, 1.807) is 26.2 Å². The molecule has 0 saturated heterocycles. The number of hydrogen-bond acceptors (Lipinski definition) is 3. The molecule has 2 aromatic rings. The fraction of sp³-hybridized carbons (Fsp3) is 0.316. The van der Waals surface area contributed by atoms with Crippen LogP contribution in [0.1, 0.15) is 30.5 Å². The van der Waals surface area contributed by atoms with Crippen LogP contribution in [0.2, 0.25) is 0 Å². The smallest absolute Gasteiger partial charge is 0.235 e. The number of carbonyl (C=O) groups excluding carboxylic acids is 2. The highest BCUT2D eigenvalue weighted by molar-refractivity contribution is 6.04. The van der Waals surface area contributed by atoms with Crippen LogP contribution in [0, 0.1) is 12.3 Å². The lowest BCUT2D eigenvalue weighted by molar-refractivity contribution is -0.141. The molecular formula is C19H23N3O2. The van der Waals surface area contributed by atoms with Crippen LogP contribution < -0.4 is 10.6 Å². The van der Waals surface area contributed by atoms with E-state index in [1.807, 2.05) is 43.3 Å². The van der Waals surface area contributed by atoms with Gasteiger partial charge < -0.3 is 10.6 Å². The molecule has 1 heterocycles. The number of carbonyl (C=O) groups is 2.